The Morgan fingerprint density at radius 2 is 1.19 bits per heavy atom. The average molecular weight is 963 g/mol. The minimum absolute atomic E-state index is 0.0659. The lowest BCUT2D eigenvalue weighted by Crippen LogP contribution is -2.71. The molecule has 7 fully saturated rings. The summed E-state index contributed by atoms with van der Waals surface area (Å²) in [5.41, 5.74) is -2.39. The van der Waals surface area contributed by atoms with E-state index in [1.165, 1.54) is 0 Å². The SMILES string of the molecule is CC(C)=CCCC(C)(O[C@@H]1O[C@H](CO[C@@H]2O[C@H](CO)[C@@H](O)[C@H](O)[C@H]2O)[C@@H](O)[C@H](O)[C@H]1O)C1CCC2(C)C1C(O)CC1C3(C)CCC(O)C(C)(C)C3C(O[C@@H]3O[C@H](CO)[C@@H](O)[C@H](O)[C@H]3O)CC12C. The molecule has 0 aromatic carbocycles. The monoisotopic (exact) mass is 963 g/mol. The van der Waals surface area contributed by atoms with Gasteiger partial charge in [-0.1, -0.05) is 46.3 Å². The number of allylic oxidation sites excluding steroid dienone is 2. The zero-order valence-electron chi connectivity index (χ0n) is 40.3. The summed E-state index contributed by atoms with van der Waals surface area (Å²) in [7, 11) is 0. The molecule has 67 heavy (non-hydrogen) atoms. The molecule has 3 aliphatic heterocycles. The van der Waals surface area contributed by atoms with E-state index in [9.17, 15) is 66.4 Å². The first-order chi connectivity index (χ1) is 31.2. The minimum Gasteiger partial charge on any atom is -0.394 e. The number of rotatable bonds is 13. The normalized spacial score (nSPS) is 52.9. The van der Waals surface area contributed by atoms with Gasteiger partial charge in [0, 0.05) is 0 Å². The summed E-state index contributed by atoms with van der Waals surface area (Å²) >= 11 is 0. The molecule has 3 saturated heterocycles. The maximum Gasteiger partial charge on any atom is 0.187 e. The summed E-state index contributed by atoms with van der Waals surface area (Å²) in [5, 5.41) is 142. The van der Waals surface area contributed by atoms with E-state index in [0.717, 1.165) is 5.57 Å². The second kappa shape index (κ2) is 19.8. The molecular formula is C48H82O19. The van der Waals surface area contributed by atoms with Gasteiger partial charge in [0.15, 0.2) is 18.9 Å². The molecule has 26 atom stereocenters. The van der Waals surface area contributed by atoms with E-state index in [2.05, 4.69) is 26.8 Å². The molecular weight excluding hydrogens is 881 g/mol. The molecule has 13 N–H and O–H groups in total. The molecule has 0 spiro atoms. The minimum atomic E-state index is -1.77. The lowest BCUT2D eigenvalue weighted by Gasteiger charge is -2.72. The van der Waals surface area contributed by atoms with Crippen molar-refractivity contribution in [1.82, 2.24) is 0 Å². The molecule has 11 unspecified atom stereocenters. The zero-order chi connectivity index (χ0) is 49.5. The molecule has 0 amide bonds. The molecule has 7 aliphatic rings. The van der Waals surface area contributed by atoms with Gasteiger partial charge in [-0.2, -0.15) is 0 Å². The second-order valence-electron chi connectivity index (χ2n) is 23.1. The predicted octanol–water partition coefficient (Wildman–Crippen LogP) is -1.06. The molecule has 4 saturated carbocycles. The molecule has 3 heterocycles. The molecule has 19 nitrogen and oxygen atoms in total. The second-order valence-corrected chi connectivity index (χ2v) is 23.1. The Morgan fingerprint density at radius 3 is 1.78 bits per heavy atom. The third-order valence-electron chi connectivity index (χ3n) is 18.7. The highest BCUT2D eigenvalue weighted by Gasteiger charge is 2.74. The van der Waals surface area contributed by atoms with Gasteiger partial charge in [0.1, 0.15) is 73.2 Å². The van der Waals surface area contributed by atoms with Gasteiger partial charge in [-0.25, -0.2) is 0 Å². The van der Waals surface area contributed by atoms with E-state index in [0.29, 0.717) is 51.4 Å². The Kier molecular flexibility index (Phi) is 15.9. The van der Waals surface area contributed by atoms with Gasteiger partial charge < -0.3 is 94.8 Å². The maximum absolute atomic E-state index is 12.7. The fourth-order valence-electron chi connectivity index (χ4n) is 14.8. The van der Waals surface area contributed by atoms with Crippen LogP contribution in [0, 0.1) is 45.3 Å². The first kappa shape index (κ1) is 53.8. The molecule has 4 aliphatic carbocycles. The third kappa shape index (κ3) is 9.13. The highest BCUT2D eigenvalue weighted by Crippen LogP contribution is 2.76. The highest BCUT2D eigenvalue weighted by atomic mass is 16.7. The van der Waals surface area contributed by atoms with Gasteiger partial charge >= 0.3 is 0 Å². The quantitative estimate of drug-likeness (QED) is 0.0773. The first-order valence-corrected chi connectivity index (χ1v) is 24.5. The van der Waals surface area contributed by atoms with E-state index in [1.807, 2.05) is 34.6 Å². The Balaban J connectivity index is 1.20. The number of ether oxygens (including phenoxy) is 6. The first-order valence-electron chi connectivity index (χ1n) is 24.5. The van der Waals surface area contributed by atoms with Gasteiger partial charge in [0.05, 0.1) is 43.7 Å². The van der Waals surface area contributed by atoms with Crippen molar-refractivity contribution in [3.8, 4) is 0 Å². The van der Waals surface area contributed by atoms with Crippen LogP contribution in [0.1, 0.15) is 107 Å². The summed E-state index contributed by atoms with van der Waals surface area (Å²) in [6.07, 6.45) is -19.2. The van der Waals surface area contributed by atoms with Crippen LogP contribution in [-0.2, 0) is 28.4 Å². The molecule has 0 aromatic heterocycles. The summed E-state index contributed by atoms with van der Waals surface area (Å²) in [6.45, 7) is 14.7. The number of hydrogen-bond acceptors (Lipinski definition) is 19. The fourth-order valence-corrected chi connectivity index (χ4v) is 14.8. The van der Waals surface area contributed by atoms with Gasteiger partial charge in [-0.05, 0) is 117 Å². The van der Waals surface area contributed by atoms with Crippen LogP contribution in [0.5, 0.6) is 0 Å². The summed E-state index contributed by atoms with van der Waals surface area (Å²) in [5.74, 6) is -1.11. The average Bonchev–Trinajstić information content (AvgIpc) is 3.66. The third-order valence-corrected chi connectivity index (χ3v) is 18.7. The zero-order valence-corrected chi connectivity index (χ0v) is 40.3. The Labute approximate surface area is 393 Å². The van der Waals surface area contributed by atoms with Gasteiger partial charge in [-0.3, -0.25) is 0 Å². The highest BCUT2D eigenvalue weighted by molar-refractivity contribution is 5.22. The molecule has 0 aromatic rings. The maximum atomic E-state index is 12.7. The summed E-state index contributed by atoms with van der Waals surface area (Å²) in [6, 6.07) is 0. The van der Waals surface area contributed by atoms with Crippen molar-refractivity contribution in [2.45, 2.75) is 223 Å². The Bertz CT molecular complexity index is 1710. The topological polar surface area (TPSA) is 318 Å². The fraction of sp³-hybridized carbons (Fsp3) is 0.958. The van der Waals surface area contributed by atoms with Gasteiger partial charge in [0.25, 0.3) is 0 Å². The van der Waals surface area contributed by atoms with Crippen LogP contribution in [0.3, 0.4) is 0 Å². The standard InChI is InChI=1S/C48H82O19/c1-21(2)10-9-13-48(8,67-43-39(61)36(58)33(55)27(66-43)20-62-41-37(59)34(56)31(53)25(18-49)64-41)22-11-15-46(6)30(22)23(51)16-28-45(5)14-12-29(52)44(3,4)40(45)24(17-47(28,46)7)63-42-38(60)35(57)32(54)26(19-50)65-42/h10,22-43,49-61H,9,11-20H2,1-8H3/t22?,23?,24?,25-,26-,27-,28?,29?,30?,31-,32-,33-,34+,35+,36+,37-,38-,39-,40?,41-,42-,43+,45?,46?,47?,48?/m1/s1. The smallest absolute Gasteiger partial charge is 0.187 e. The van der Waals surface area contributed by atoms with E-state index in [4.69, 9.17) is 28.4 Å². The van der Waals surface area contributed by atoms with Crippen LogP contribution < -0.4 is 0 Å². The van der Waals surface area contributed by atoms with E-state index in [1.54, 1.807) is 0 Å². The number of aliphatic hydroxyl groups is 13. The van der Waals surface area contributed by atoms with E-state index in [-0.39, 0.29) is 23.7 Å². The predicted molar refractivity (Wildman–Crippen MR) is 235 cm³/mol. The van der Waals surface area contributed by atoms with Gasteiger partial charge in [0.2, 0.25) is 0 Å². The van der Waals surface area contributed by atoms with Crippen molar-refractivity contribution < 1.29 is 94.8 Å². The number of hydrogen-bond donors (Lipinski definition) is 13. The van der Waals surface area contributed by atoms with Crippen LogP contribution in [0.25, 0.3) is 0 Å². The van der Waals surface area contributed by atoms with E-state index < -0.39 is 158 Å². The van der Waals surface area contributed by atoms with Crippen molar-refractivity contribution in [3.05, 3.63) is 11.6 Å². The lowest BCUT2D eigenvalue weighted by atomic mass is 9.34. The van der Waals surface area contributed by atoms with Crippen molar-refractivity contribution in [3.63, 3.8) is 0 Å². The molecule has 388 valence electrons. The molecule has 0 bridgehead atoms. The molecule has 0 radical (unpaired) electrons. The largest absolute Gasteiger partial charge is 0.394 e. The summed E-state index contributed by atoms with van der Waals surface area (Å²) < 4.78 is 37.1. The van der Waals surface area contributed by atoms with Gasteiger partial charge in [-0.15, -0.1) is 0 Å². The van der Waals surface area contributed by atoms with Crippen molar-refractivity contribution in [2.24, 2.45) is 45.3 Å². The van der Waals surface area contributed by atoms with Crippen molar-refractivity contribution in [1.29, 1.82) is 0 Å². The van der Waals surface area contributed by atoms with Crippen molar-refractivity contribution >= 4 is 0 Å². The number of aliphatic hydroxyl groups excluding tert-OH is 13. The molecule has 7 rings (SSSR count). The van der Waals surface area contributed by atoms with Crippen molar-refractivity contribution in [2.75, 3.05) is 19.8 Å². The van der Waals surface area contributed by atoms with Crippen LogP contribution in [-0.4, -0.2) is 202 Å². The summed E-state index contributed by atoms with van der Waals surface area (Å²) in [4.78, 5) is 0. The number of fused-ring (bicyclic) bond motifs is 5. The molecule has 19 heteroatoms. The lowest BCUT2D eigenvalue weighted by molar-refractivity contribution is -0.353. The van der Waals surface area contributed by atoms with Crippen LogP contribution in [0.15, 0.2) is 11.6 Å². The van der Waals surface area contributed by atoms with Crippen LogP contribution >= 0.6 is 0 Å². The Hall–Kier alpha value is -1.02. The Morgan fingerprint density at radius 1 is 0.657 bits per heavy atom. The van der Waals surface area contributed by atoms with Crippen LogP contribution in [0.4, 0.5) is 0 Å². The van der Waals surface area contributed by atoms with Crippen LogP contribution in [0.2, 0.25) is 0 Å². The van der Waals surface area contributed by atoms with E-state index >= 15 is 0 Å².